The van der Waals surface area contributed by atoms with Crippen LogP contribution in [0.4, 0.5) is 11.4 Å². The standard InChI is InChI=1S/C23H19ClN4O6/c1-33-20-12-15(13-25-27-23(30)16-7-9-18(10-8-16)28(31)32)11-19(24)22(20)34-14-21(29)26-17-5-3-2-4-6-17/h2-13H,14H2,1H3,(H,26,29)(H,27,30)/b25-13+. The number of methoxy groups -OCH3 is 1. The number of halogens is 1. The van der Waals surface area contributed by atoms with E-state index < -0.39 is 10.8 Å². The van der Waals surface area contributed by atoms with Gasteiger partial charge in [-0.1, -0.05) is 29.8 Å². The van der Waals surface area contributed by atoms with Gasteiger partial charge in [0.15, 0.2) is 18.1 Å². The second-order valence-corrected chi connectivity index (χ2v) is 7.15. The molecular formula is C23H19ClN4O6. The van der Waals surface area contributed by atoms with Crippen molar-refractivity contribution in [1.82, 2.24) is 5.43 Å². The lowest BCUT2D eigenvalue weighted by Crippen LogP contribution is -2.20. The van der Waals surface area contributed by atoms with Gasteiger partial charge in [-0.15, -0.1) is 0 Å². The summed E-state index contributed by atoms with van der Waals surface area (Å²) < 4.78 is 10.8. The summed E-state index contributed by atoms with van der Waals surface area (Å²) in [7, 11) is 1.42. The van der Waals surface area contributed by atoms with Crippen molar-refractivity contribution in [2.45, 2.75) is 0 Å². The molecule has 0 heterocycles. The summed E-state index contributed by atoms with van der Waals surface area (Å²) in [6.07, 6.45) is 1.34. The van der Waals surface area contributed by atoms with Crippen LogP contribution in [-0.2, 0) is 4.79 Å². The Hall–Kier alpha value is -4.44. The molecule has 0 fully saturated rings. The van der Waals surface area contributed by atoms with Crippen molar-refractivity contribution in [3.8, 4) is 11.5 Å². The number of nitro benzene ring substituents is 1. The molecule has 10 nitrogen and oxygen atoms in total. The van der Waals surface area contributed by atoms with Crippen LogP contribution in [0.3, 0.4) is 0 Å². The quantitative estimate of drug-likeness (QED) is 0.269. The highest BCUT2D eigenvalue weighted by Gasteiger charge is 2.14. The van der Waals surface area contributed by atoms with Crippen molar-refractivity contribution in [3.05, 3.63) is 93.0 Å². The molecular weight excluding hydrogens is 464 g/mol. The SMILES string of the molecule is COc1cc(/C=N/NC(=O)c2ccc([N+](=O)[O-])cc2)cc(Cl)c1OCC(=O)Nc1ccccc1. The average Bonchev–Trinajstić information content (AvgIpc) is 2.83. The maximum Gasteiger partial charge on any atom is 0.271 e. The number of hydrogen-bond donors (Lipinski definition) is 2. The highest BCUT2D eigenvalue weighted by atomic mass is 35.5. The summed E-state index contributed by atoms with van der Waals surface area (Å²) in [6.45, 7) is -0.288. The Morgan fingerprint density at radius 1 is 1.12 bits per heavy atom. The molecule has 0 aliphatic heterocycles. The molecule has 34 heavy (non-hydrogen) atoms. The van der Waals surface area contributed by atoms with Gasteiger partial charge in [0.1, 0.15) is 0 Å². The number of amides is 2. The number of anilines is 1. The minimum atomic E-state index is -0.556. The number of hydrazone groups is 1. The summed E-state index contributed by atoms with van der Waals surface area (Å²) >= 11 is 6.29. The second-order valence-electron chi connectivity index (χ2n) is 6.74. The summed E-state index contributed by atoms with van der Waals surface area (Å²) in [6, 6.07) is 17.1. The Balaban J connectivity index is 1.62. The molecule has 0 bridgehead atoms. The van der Waals surface area contributed by atoms with Crippen LogP contribution in [0.25, 0.3) is 0 Å². The zero-order valence-electron chi connectivity index (χ0n) is 17.9. The van der Waals surface area contributed by atoms with Crippen molar-refractivity contribution >= 4 is 41.0 Å². The monoisotopic (exact) mass is 482 g/mol. The average molecular weight is 483 g/mol. The lowest BCUT2D eigenvalue weighted by molar-refractivity contribution is -0.384. The fourth-order valence-corrected chi connectivity index (χ4v) is 3.05. The molecule has 0 atom stereocenters. The van der Waals surface area contributed by atoms with Crippen LogP contribution in [0.2, 0.25) is 5.02 Å². The van der Waals surface area contributed by atoms with Gasteiger partial charge in [-0.3, -0.25) is 19.7 Å². The van der Waals surface area contributed by atoms with Crippen LogP contribution in [-0.4, -0.2) is 36.7 Å². The minimum absolute atomic E-state index is 0.123. The number of para-hydroxylation sites is 1. The largest absolute Gasteiger partial charge is 0.493 e. The van der Waals surface area contributed by atoms with E-state index in [-0.39, 0.29) is 40.3 Å². The molecule has 0 saturated carbocycles. The number of nitro groups is 1. The van der Waals surface area contributed by atoms with Crippen LogP contribution in [0, 0.1) is 10.1 Å². The van der Waals surface area contributed by atoms with Gasteiger partial charge in [-0.2, -0.15) is 5.10 Å². The lowest BCUT2D eigenvalue weighted by atomic mass is 10.2. The molecule has 3 aromatic rings. The third-order valence-electron chi connectivity index (χ3n) is 4.38. The van der Waals surface area contributed by atoms with E-state index in [9.17, 15) is 19.7 Å². The van der Waals surface area contributed by atoms with Gasteiger partial charge in [0, 0.05) is 23.4 Å². The molecule has 3 aromatic carbocycles. The van der Waals surface area contributed by atoms with Crippen LogP contribution >= 0.6 is 11.6 Å². The van der Waals surface area contributed by atoms with Gasteiger partial charge in [0.25, 0.3) is 17.5 Å². The Morgan fingerprint density at radius 3 is 2.47 bits per heavy atom. The summed E-state index contributed by atoms with van der Waals surface area (Å²) in [4.78, 5) is 34.4. The van der Waals surface area contributed by atoms with Gasteiger partial charge in [0.05, 0.1) is 23.3 Å². The Kier molecular flexibility index (Phi) is 8.14. The molecule has 0 unspecified atom stereocenters. The number of nitrogens with one attached hydrogen (secondary N) is 2. The van der Waals surface area contributed by atoms with Crippen molar-refractivity contribution < 1.29 is 24.0 Å². The van der Waals surface area contributed by atoms with Crippen LogP contribution in [0.1, 0.15) is 15.9 Å². The molecule has 0 spiro atoms. The molecule has 0 aliphatic rings. The highest BCUT2D eigenvalue weighted by molar-refractivity contribution is 6.32. The van der Waals surface area contributed by atoms with Crippen LogP contribution < -0.4 is 20.2 Å². The van der Waals surface area contributed by atoms with E-state index >= 15 is 0 Å². The number of ether oxygens (including phenoxy) is 2. The topological polar surface area (TPSA) is 132 Å². The number of carbonyl (C=O) groups excluding carboxylic acids is 2. The zero-order valence-corrected chi connectivity index (χ0v) is 18.6. The molecule has 0 aromatic heterocycles. The molecule has 0 radical (unpaired) electrons. The summed E-state index contributed by atoms with van der Waals surface area (Å²) in [5.41, 5.74) is 3.53. The van der Waals surface area contributed by atoms with E-state index in [0.717, 1.165) is 0 Å². The minimum Gasteiger partial charge on any atom is -0.493 e. The number of nitrogens with zero attached hydrogens (tertiary/aromatic N) is 2. The predicted molar refractivity (Wildman–Crippen MR) is 127 cm³/mol. The molecule has 11 heteroatoms. The fourth-order valence-electron chi connectivity index (χ4n) is 2.78. The zero-order chi connectivity index (χ0) is 24.5. The third kappa shape index (κ3) is 6.53. The van der Waals surface area contributed by atoms with Gasteiger partial charge >= 0.3 is 0 Å². The van der Waals surface area contributed by atoms with E-state index in [1.807, 2.05) is 6.07 Å². The van der Waals surface area contributed by atoms with Gasteiger partial charge in [0.2, 0.25) is 0 Å². The van der Waals surface area contributed by atoms with E-state index in [0.29, 0.717) is 11.3 Å². The van der Waals surface area contributed by atoms with E-state index in [1.165, 1.54) is 43.7 Å². The predicted octanol–water partition coefficient (Wildman–Crippen LogP) is 4.04. The van der Waals surface area contributed by atoms with Crippen LogP contribution in [0.5, 0.6) is 11.5 Å². The smallest absolute Gasteiger partial charge is 0.271 e. The maximum atomic E-state index is 12.1. The first-order valence-corrected chi connectivity index (χ1v) is 10.2. The van der Waals surface area contributed by atoms with Crippen molar-refractivity contribution in [1.29, 1.82) is 0 Å². The molecule has 2 amide bonds. The van der Waals surface area contributed by atoms with Gasteiger partial charge in [-0.05, 0) is 42.0 Å². The molecule has 2 N–H and O–H groups in total. The Labute approximate surface area is 199 Å². The Morgan fingerprint density at radius 2 is 1.82 bits per heavy atom. The Bertz CT molecular complexity index is 1220. The summed E-state index contributed by atoms with van der Waals surface area (Å²) in [5.74, 6) is -0.472. The first-order chi connectivity index (χ1) is 16.4. The maximum absolute atomic E-state index is 12.1. The van der Waals surface area contributed by atoms with E-state index in [4.69, 9.17) is 21.1 Å². The number of rotatable bonds is 9. The second kappa shape index (κ2) is 11.4. The first kappa shape index (κ1) is 24.2. The number of carbonyl (C=O) groups is 2. The lowest BCUT2D eigenvalue weighted by Gasteiger charge is -2.13. The van der Waals surface area contributed by atoms with E-state index in [1.54, 1.807) is 30.3 Å². The van der Waals surface area contributed by atoms with E-state index in [2.05, 4.69) is 15.8 Å². The normalized spacial score (nSPS) is 10.5. The van der Waals surface area contributed by atoms with Gasteiger partial charge < -0.3 is 14.8 Å². The fraction of sp³-hybridized carbons (Fsp3) is 0.0870. The van der Waals surface area contributed by atoms with Crippen molar-refractivity contribution in [3.63, 3.8) is 0 Å². The summed E-state index contributed by atoms with van der Waals surface area (Å²) in [5, 5.41) is 17.4. The first-order valence-electron chi connectivity index (χ1n) is 9.80. The van der Waals surface area contributed by atoms with Gasteiger partial charge in [-0.25, -0.2) is 5.43 Å². The third-order valence-corrected chi connectivity index (χ3v) is 4.66. The number of non-ortho nitro benzene ring substituents is 1. The number of hydrogen-bond acceptors (Lipinski definition) is 7. The van der Waals surface area contributed by atoms with Crippen molar-refractivity contribution in [2.75, 3.05) is 19.0 Å². The highest BCUT2D eigenvalue weighted by Crippen LogP contribution is 2.36. The molecule has 0 saturated heterocycles. The van der Waals surface area contributed by atoms with Crippen molar-refractivity contribution in [2.24, 2.45) is 5.10 Å². The van der Waals surface area contributed by atoms with Crippen LogP contribution in [0.15, 0.2) is 71.8 Å². The molecule has 174 valence electrons. The number of benzene rings is 3. The molecule has 3 rings (SSSR count). The molecule has 0 aliphatic carbocycles.